The summed E-state index contributed by atoms with van der Waals surface area (Å²) in [5.41, 5.74) is 4.86. The van der Waals surface area contributed by atoms with E-state index in [1.807, 2.05) is 13.8 Å². The molecule has 84 valence electrons. The summed E-state index contributed by atoms with van der Waals surface area (Å²) in [6.45, 7) is 5.28. The van der Waals surface area contributed by atoms with Crippen molar-refractivity contribution >= 4 is 5.91 Å². The van der Waals surface area contributed by atoms with Crippen molar-refractivity contribution in [3.8, 4) is 0 Å². The van der Waals surface area contributed by atoms with E-state index in [0.717, 1.165) is 19.3 Å². The second-order valence-electron chi connectivity index (χ2n) is 3.47. The molecule has 0 aromatic carbocycles. The molecule has 1 amide bonds. The lowest BCUT2D eigenvalue weighted by molar-refractivity contribution is -0.125. The van der Waals surface area contributed by atoms with E-state index in [1.54, 1.807) is 7.11 Å². The molecule has 0 bridgehead atoms. The molecule has 0 saturated heterocycles. The number of primary amides is 1. The second-order valence-corrected chi connectivity index (χ2v) is 3.47. The van der Waals surface area contributed by atoms with Crippen LogP contribution in [0.25, 0.3) is 0 Å². The molecule has 0 rings (SSSR count). The van der Waals surface area contributed by atoms with Crippen molar-refractivity contribution in [2.75, 3.05) is 20.3 Å². The van der Waals surface area contributed by atoms with Gasteiger partial charge in [-0.05, 0) is 12.8 Å². The molecule has 0 radical (unpaired) electrons. The highest BCUT2D eigenvalue weighted by atomic mass is 16.5. The molecular formula is C10H22N2O2. The highest BCUT2D eigenvalue weighted by Gasteiger charge is 2.32. The lowest BCUT2D eigenvalue weighted by Crippen LogP contribution is -2.55. The van der Waals surface area contributed by atoms with Gasteiger partial charge in [-0.1, -0.05) is 20.3 Å². The van der Waals surface area contributed by atoms with E-state index in [1.165, 1.54) is 0 Å². The van der Waals surface area contributed by atoms with Crippen LogP contribution in [0.5, 0.6) is 0 Å². The van der Waals surface area contributed by atoms with Gasteiger partial charge in [0.15, 0.2) is 0 Å². The normalized spacial score (nSPS) is 15.1. The third-order valence-corrected chi connectivity index (χ3v) is 2.52. The number of nitrogens with two attached hydrogens (primary N) is 1. The van der Waals surface area contributed by atoms with Gasteiger partial charge in [-0.3, -0.25) is 4.79 Å². The van der Waals surface area contributed by atoms with Crippen molar-refractivity contribution in [3.05, 3.63) is 0 Å². The van der Waals surface area contributed by atoms with Crippen LogP contribution in [0.4, 0.5) is 0 Å². The van der Waals surface area contributed by atoms with Crippen LogP contribution in [-0.4, -0.2) is 31.7 Å². The van der Waals surface area contributed by atoms with E-state index >= 15 is 0 Å². The number of methoxy groups -OCH3 is 1. The molecule has 4 heteroatoms. The Kier molecular flexibility index (Phi) is 6.49. The Morgan fingerprint density at radius 3 is 2.50 bits per heavy atom. The first-order valence-corrected chi connectivity index (χ1v) is 5.16. The molecular weight excluding hydrogens is 180 g/mol. The number of nitrogens with one attached hydrogen (secondary N) is 1. The standard InChI is InChI=1S/C10H22N2O2/c1-4-6-10(5-2,9(11)13)12-7-8-14-3/h12H,4-8H2,1-3H3,(H2,11,13). The van der Waals surface area contributed by atoms with Crippen LogP contribution in [0.3, 0.4) is 0 Å². The van der Waals surface area contributed by atoms with E-state index in [-0.39, 0.29) is 5.91 Å². The number of rotatable bonds is 8. The first kappa shape index (κ1) is 13.4. The van der Waals surface area contributed by atoms with Gasteiger partial charge in [-0.15, -0.1) is 0 Å². The smallest absolute Gasteiger partial charge is 0.237 e. The van der Waals surface area contributed by atoms with E-state index in [9.17, 15) is 4.79 Å². The summed E-state index contributed by atoms with van der Waals surface area (Å²) in [6.07, 6.45) is 2.44. The fourth-order valence-electron chi connectivity index (χ4n) is 1.59. The Balaban J connectivity index is 4.26. The summed E-state index contributed by atoms with van der Waals surface area (Å²) in [5.74, 6) is -0.266. The maximum atomic E-state index is 11.4. The van der Waals surface area contributed by atoms with E-state index < -0.39 is 5.54 Å². The van der Waals surface area contributed by atoms with Crippen LogP contribution in [0.15, 0.2) is 0 Å². The molecule has 0 spiro atoms. The van der Waals surface area contributed by atoms with Crippen LogP contribution in [0, 0.1) is 0 Å². The van der Waals surface area contributed by atoms with Crippen molar-refractivity contribution in [2.45, 2.75) is 38.6 Å². The van der Waals surface area contributed by atoms with Gasteiger partial charge in [0.1, 0.15) is 0 Å². The van der Waals surface area contributed by atoms with Crippen molar-refractivity contribution in [1.82, 2.24) is 5.32 Å². The number of hydrogen-bond acceptors (Lipinski definition) is 3. The Morgan fingerprint density at radius 1 is 1.50 bits per heavy atom. The first-order chi connectivity index (χ1) is 6.63. The molecule has 0 aliphatic heterocycles. The number of hydrogen-bond donors (Lipinski definition) is 2. The Labute approximate surface area is 86.2 Å². The number of ether oxygens (including phenoxy) is 1. The van der Waals surface area contributed by atoms with Gasteiger partial charge in [-0.25, -0.2) is 0 Å². The molecule has 1 atom stereocenters. The molecule has 3 N–H and O–H groups in total. The molecule has 14 heavy (non-hydrogen) atoms. The van der Waals surface area contributed by atoms with Crippen molar-refractivity contribution < 1.29 is 9.53 Å². The van der Waals surface area contributed by atoms with E-state index in [4.69, 9.17) is 10.5 Å². The van der Waals surface area contributed by atoms with Crippen LogP contribution >= 0.6 is 0 Å². The molecule has 0 heterocycles. The van der Waals surface area contributed by atoms with Gasteiger partial charge in [0, 0.05) is 13.7 Å². The van der Waals surface area contributed by atoms with Crippen molar-refractivity contribution in [1.29, 1.82) is 0 Å². The zero-order valence-electron chi connectivity index (χ0n) is 9.43. The minimum atomic E-state index is -0.548. The summed E-state index contributed by atoms with van der Waals surface area (Å²) >= 11 is 0. The predicted molar refractivity (Wildman–Crippen MR) is 57.0 cm³/mol. The predicted octanol–water partition coefficient (Wildman–Crippen LogP) is 0.657. The zero-order chi connectivity index (χ0) is 11.0. The molecule has 0 aliphatic carbocycles. The monoisotopic (exact) mass is 202 g/mol. The van der Waals surface area contributed by atoms with Gasteiger partial charge < -0.3 is 15.8 Å². The van der Waals surface area contributed by atoms with E-state index in [0.29, 0.717) is 13.2 Å². The Hall–Kier alpha value is -0.610. The highest BCUT2D eigenvalue weighted by Crippen LogP contribution is 2.16. The van der Waals surface area contributed by atoms with Crippen molar-refractivity contribution in [2.24, 2.45) is 5.73 Å². The number of carbonyl (C=O) groups is 1. The second kappa shape index (κ2) is 6.79. The lowest BCUT2D eigenvalue weighted by atomic mass is 9.90. The summed E-state index contributed by atoms with van der Waals surface area (Å²) in [7, 11) is 1.64. The molecule has 1 unspecified atom stereocenters. The molecule has 0 aromatic heterocycles. The van der Waals surface area contributed by atoms with Gasteiger partial charge in [0.2, 0.25) is 5.91 Å². The Bertz CT molecular complexity index is 174. The topological polar surface area (TPSA) is 64.3 Å². The minimum Gasteiger partial charge on any atom is -0.383 e. The third-order valence-electron chi connectivity index (χ3n) is 2.52. The van der Waals surface area contributed by atoms with Crippen LogP contribution in [0.2, 0.25) is 0 Å². The van der Waals surface area contributed by atoms with Gasteiger partial charge in [-0.2, -0.15) is 0 Å². The van der Waals surface area contributed by atoms with E-state index in [2.05, 4.69) is 5.32 Å². The van der Waals surface area contributed by atoms with Crippen LogP contribution in [0.1, 0.15) is 33.1 Å². The quantitative estimate of drug-likeness (QED) is 0.568. The maximum Gasteiger partial charge on any atom is 0.237 e. The van der Waals surface area contributed by atoms with Crippen LogP contribution < -0.4 is 11.1 Å². The van der Waals surface area contributed by atoms with Gasteiger partial charge in [0.05, 0.1) is 12.1 Å². The lowest BCUT2D eigenvalue weighted by Gasteiger charge is -2.30. The molecule has 0 saturated carbocycles. The average Bonchev–Trinajstić information content (AvgIpc) is 2.16. The molecule has 0 aliphatic rings. The molecule has 0 fully saturated rings. The largest absolute Gasteiger partial charge is 0.383 e. The summed E-state index contributed by atoms with van der Waals surface area (Å²) in [5, 5.41) is 3.18. The minimum absolute atomic E-state index is 0.266. The summed E-state index contributed by atoms with van der Waals surface area (Å²) in [4.78, 5) is 11.4. The maximum absolute atomic E-state index is 11.4. The first-order valence-electron chi connectivity index (χ1n) is 5.16. The fraction of sp³-hybridized carbons (Fsp3) is 0.900. The fourth-order valence-corrected chi connectivity index (χ4v) is 1.59. The number of amides is 1. The third kappa shape index (κ3) is 3.64. The molecule has 0 aromatic rings. The molecule has 4 nitrogen and oxygen atoms in total. The average molecular weight is 202 g/mol. The zero-order valence-corrected chi connectivity index (χ0v) is 9.43. The number of carbonyl (C=O) groups excluding carboxylic acids is 1. The summed E-state index contributed by atoms with van der Waals surface area (Å²) in [6, 6.07) is 0. The van der Waals surface area contributed by atoms with Crippen LogP contribution in [-0.2, 0) is 9.53 Å². The summed E-state index contributed by atoms with van der Waals surface area (Å²) < 4.78 is 4.92. The SMILES string of the molecule is CCCC(CC)(NCCOC)C(N)=O. The van der Waals surface area contributed by atoms with Gasteiger partial charge in [0.25, 0.3) is 0 Å². The van der Waals surface area contributed by atoms with Crippen molar-refractivity contribution in [3.63, 3.8) is 0 Å². The Morgan fingerprint density at radius 2 is 2.14 bits per heavy atom. The van der Waals surface area contributed by atoms with Gasteiger partial charge >= 0.3 is 0 Å². The highest BCUT2D eigenvalue weighted by molar-refractivity contribution is 5.84.